The molecule has 0 saturated carbocycles. The molecule has 9 heteroatoms. The first-order chi connectivity index (χ1) is 20.3. The van der Waals surface area contributed by atoms with E-state index in [1.807, 2.05) is 48.5 Å². The van der Waals surface area contributed by atoms with E-state index < -0.39 is 46.4 Å². The predicted octanol–water partition coefficient (Wildman–Crippen LogP) is 5.59. The lowest BCUT2D eigenvalue weighted by Crippen LogP contribution is -2.42. The molecule has 3 aliphatic rings. The molecule has 2 amide bonds. The van der Waals surface area contributed by atoms with Gasteiger partial charge in [0.1, 0.15) is 11.5 Å². The first-order valence-corrected chi connectivity index (χ1v) is 13.5. The smallest absolute Gasteiger partial charge is 0.319 e. The minimum Gasteiger partial charge on any atom is -0.497 e. The van der Waals surface area contributed by atoms with Gasteiger partial charge in [-0.2, -0.15) is 0 Å². The second-order valence-electron chi connectivity index (χ2n) is 10.8. The van der Waals surface area contributed by atoms with Gasteiger partial charge < -0.3 is 9.47 Å². The van der Waals surface area contributed by atoms with Gasteiger partial charge in [0.15, 0.2) is 0 Å². The SMILES string of the molecule is COc1ccc([C@@H]2C=C3c4c(ccc5ccccc45)OC(=O)[C@@H]3[C@H]3C(=O)N(c4cc([N+](=O)[O-])ccc4C)C(=O)[C@H]32)cc1. The highest BCUT2D eigenvalue weighted by Gasteiger charge is 2.60. The average Bonchev–Trinajstić information content (AvgIpc) is 3.26. The summed E-state index contributed by atoms with van der Waals surface area (Å²) in [7, 11) is 1.56. The molecule has 2 aliphatic heterocycles. The maximum atomic E-state index is 14.3. The van der Waals surface area contributed by atoms with Gasteiger partial charge in [-0.25, -0.2) is 4.90 Å². The zero-order chi connectivity index (χ0) is 29.3. The van der Waals surface area contributed by atoms with Gasteiger partial charge in [0.2, 0.25) is 11.8 Å². The summed E-state index contributed by atoms with van der Waals surface area (Å²) in [6.07, 6.45) is 1.92. The molecule has 0 aromatic heterocycles. The maximum Gasteiger partial charge on any atom is 0.319 e. The zero-order valence-electron chi connectivity index (χ0n) is 22.6. The maximum absolute atomic E-state index is 14.3. The Balaban J connectivity index is 1.46. The Labute approximate surface area is 240 Å². The van der Waals surface area contributed by atoms with Crippen molar-refractivity contribution < 1.29 is 28.8 Å². The lowest BCUT2D eigenvalue weighted by Gasteiger charge is -2.38. The molecule has 9 nitrogen and oxygen atoms in total. The molecule has 0 radical (unpaired) electrons. The molecule has 2 heterocycles. The van der Waals surface area contributed by atoms with Crippen molar-refractivity contribution in [3.63, 3.8) is 0 Å². The number of nitro groups is 1. The first kappa shape index (κ1) is 25.6. The summed E-state index contributed by atoms with van der Waals surface area (Å²) in [5, 5.41) is 13.4. The van der Waals surface area contributed by atoms with E-state index in [4.69, 9.17) is 9.47 Å². The highest BCUT2D eigenvalue weighted by molar-refractivity contribution is 6.25. The van der Waals surface area contributed by atoms with E-state index in [2.05, 4.69) is 0 Å². The highest BCUT2D eigenvalue weighted by atomic mass is 16.6. The number of aryl methyl sites for hydroxylation is 1. The number of hydrogen-bond acceptors (Lipinski definition) is 7. The molecule has 208 valence electrons. The van der Waals surface area contributed by atoms with Gasteiger partial charge in [0.05, 0.1) is 35.5 Å². The van der Waals surface area contributed by atoms with E-state index in [1.54, 1.807) is 32.2 Å². The number of nitro benzene ring substituents is 1. The first-order valence-electron chi connectivity index (χ1n) is 13.5. The monoisotopic (exact) mass is 560 g/mol. The van der Waals surface area contributed by atoms with Crippen LogP contribution in [0.5, 0.6) is 11.5 Å². The normalized spacial score (nSPS) is 22.7. The number of methoxy groups -OCH3 is 1. The topological polar surface area (TPSA) is 116 Å². The third kappa shape index (κ3) is 3.66. The van der Waals surface area contributed by atoms with Gasteiger partial charge in [0.25, 0.3) is 5.69 Å². The van der Waals surface area contributed by atoms with Crippen LogP contribution in [0.1, 0.15) is 22.6 Å². The van der Waals surface area contributed by atoms with Gasteiger partial charge in [-0.05, 0) is 52.6 Å². The van der Waals surface area contributed by atoms with Crippen LogP contribution in [0.15, 0.2) is 84.9 Å². The van der Waals surface area contributed by atoms with E-state index in [9.17, 15) is 24.5 Å². The molecule has 0 unspecified atom stereocenters. The number of fused-ring (bicyclic) bond motifs is 7. The predicted molar refractivity (Wildman–Crippen MR) is 154 cm³/mol. The van der Waals surface area contributed by atoms with Crippen LogP contribution in [-0.4, -0.2) is 29.8 Å². The average molecular weight is 561 g/mol. The Kier molecular flexibility index (Phi) is 5.72. The molecular weight excluding hydrogens is 536 g/mol. The summed E-state index contributed by atoms with van der Waals surface area (Å²) in [5.74, 6) is -4.25. The lowest BCUT2D eigenvalue weighted by atomic mass is 9.64. The second-order valence-corrected chi connectivity index (χ2v) is 10.8. The van der Waals surface area contributed by atoms with E-state index in [1.165, 1.54) is 18.2 Å². The Morgan fingerprint density at radius 1 is 0.905 bits per heavy atom. The van der Waals surface area contributed by atoms with Gasteiger partial charge >= 0.3 is 5.97 Å². The van der Waals surface area contributed by atoms with E-state index in [0.29, 0.717) is 22.6 Å². The number of esters is 1. The summed E-state index contributed by atoms with van der Waals surface area (Å²) < 4.78 is 11.2. The van der Waals surface area contributed by atoms with Gasteiger partial charge in [-0.1, -0.05) is 54.6 Å². The molecule has 0 N–H and O–H groups in total. The molecule has 4 aromatic carbocycles. The second kappa shape index (κ2) is 9.37. The molecule has 1 fully saturated rings. The molecule has 0 spiro atoms. The number of anilines is 1. The van der Waals surface area contributed by atoms with Crippen LogP contribution in [0.4, 0.5) is 11.4 Å². The van der Waals surface area contributed by atoms with Crippen LogP contribution in [0.2, 0.25) is 0 Å². The minimum atomic E-state index is -1.07. The van der Waals surface area contributed by atoms with E-state index >= 15 is 0 Å². The Bertz CT molecular complexity index is 1880. The largest absolute Gasteiger partial charge is 0.497 e. The van der Waals surface area contributed by atoms with E-state index in [0.717, 1.165) is 26.8 Å². The quantitative estimate of drug-likeness (QED) is 0.105. The number of ether oxygens (including phenoxy) is 2. The van der Waals surface area contributed by atoms with Crippen LogP contribution >= 0.6 is 0 Å². The van der Waals surface area contributed by atoms with Crippen molar-refractivity contribution in [2.75, 3.05) is 12.0 Å². The van der Waals surface area contributed by atoms with Gasteiger partial charge in [-0.15, -0.1) is 0 Å². The standard InChI is InChI=1S/C33H24N2O7/c1-17-7-11-20(35(39)40)15-25(17)34-31(36)28-23(19-8-12-21(41-2)13-9-19)16-24-27-22-6-4-3-5-18(22)10-14-26(27)42-33(38)29(24)30(28)32(34)37/h3-16,23,28-30H,1-2H3/t23-,28-,29-,30-/m0/s1. The molecule has 42 heavy (non-hydrogen) atoms. The number of non-ortho nitro benzene ring substituents is 1. The van der Waals surface area contributed by atoms with Crippen LogP contribution in [0.25, 0.3) is 16.3 Å². The van der Waals surface area contributed by atoms with Crippen molar-refractivity contribution in [2.24, 2.45) is 17.8 Å². The fraction of sp³-hybridized carbons (Fsp3) is 0.182. The fourth-order valence-electron chi connectivity index (χ4n) is 6.67. The summed E-state index contributed by atoms with van der Waals surface area (Å²) in [6, 6.07) is 22.7. The summed E-state index contributed by atoms with van der Waals surface area (Å²) in [4.78, 5) is 54.3. The number of carbonyl (C=O) groups excluding carboxylic acids is 3. The molecule has 0 bridgehead atoms. The van der Waals surface area contributed by atoms with Crippen molar-refractivity contribution in [3.05, 3.63) is 112 Å². The number of nitrogens with zero attached hydrogens (tertiary/aromatic N) is 2. The molecule has 1 aliphatic carbocycles. The number of carbonyl (C=O) groups is 3. The van der Waals surface area contributed by atoms with Crippen molar-refractivity contribution in [1.82, 2.24) is 0 Å². The molecule has 1 saturated heterocycles. The number of allylic oxidation sites excluding steroid dienone is 1. The third-order valence-electron chi connectivity index (χ3n) is 8.63. The van der Waals surface area contributed by atoms with Crippen LogP contribution in [-0.2, 0) is 14.4 Å². The number of benzene rings is 4. The summed E-state index contributed by atoms with van der Waals surface area (Å²) in [6.45, 7) is 1.68. The van der Waals surface area contributed by atoms with Gasteiger partial charge in [-0.3, -0.25) is 24.5 Å². The Hall–Kier alpha value is -5.31. The number of amides is 2. The Morgan fingerprint density at radius 2 is 1.64 bits per heavy atom. The summed E-state index contributed by atoms with van der Waals surface area (Å²) >= 11 is 0. The van der Waals surface area contributed by atoms with Crippen LogP contribution < -0.4 is 14.4 Å². The molecule has 4 atom stereocenters. The zero-order valence-corrected chi connectivity index (χ0v) is 22.6. The molecule has 7 rings (SSSR count). The molecular formula is C33H24N2O7. The fourth-order valence-corrected chi connectivity index (χ4v) is 6.67. The molecule has 4 aromatic rings. The number of hydrogen-bond donors (Lipinski definition) is 0. The van der Waals surface area contributed by atoms with E-state index in [-0.39, 0.29) is 11.4 Å². The number of rotatable bonds is 4. The highest BCUT2D eigenvalue weighted by Crippen LogP contribution is 2.56. The van der Waals surface area contributed by atoms with Crippen LogP contribution in [0, 0.1) is 34.8 Å². The Morgan fingerprint density at radius 3 is 2.38 bits per heavy atom. The minimum absolute atomic E-state index is 0.138. The van der Waals surface area contributed by atoms with Crippen molar-refractivity contribution >= 4 is 45.5 Å². The summed E-state index contributed by atoms with van der Waals surface area (Å²) in [5.41, 5.74) is 2.56. The third-order valence-corrected chi connectivity index (χ3v) is 8.63. The van der Waals surface area contributed by atoms with Crippen LogP contribution in [0.3, 0.4) is 0 Å². The van der Waals surface area contributed by atoms with Crippen molar-refractivity contribution in [2.45, 2.75) is 12.8 Å². The van der Waals surface area contributed by atoms with Gasteiger partial charge in [0, 0.05) is 23.6 Å². The lowest BCUT2D eigenvalue weighted by molar-refractivity contribution is -0.384. The van der Waals surface area contributed by atoms with Crippen molar-refractivity contribution in [3.8, 4) is 11.5 Å². The number of imide groups is 1. The van der Waals surface area contributed by atoms with Crippen molar-refractivity contribution in [1.29, 1.82) is 0 Å².